The molecule has 0 heteroatoms. The van der Waals surface area contributed by atoms with E-state index in [2.05, 4.69) is 20.4 Å². The number of rotatable bonds is 18. The predicted octanol–water partition coefficient (Wildman–Crippen LogP) is 8.60. The van der Waals surface area contributed by atoms with Crippen molar-refractivity contribution in [2.24, 2.45) is 0 Å². The van der Waals surface area contributed by atoms with Crippen LogP contribution in [0, 0.1) is 0 Å². The van der Waals surface area contributed by atoms with Gasteiger partial charge < -0.3 is 0 Å². The fraction of sp³-hybridized carbons (Fsp3) is 0.909. The molecule has 0 unspecified atom stereocenters. The van der Waals surface area contributed by atoms with Gasteiger partial charge in [0.15, 0.2) is 0 Å². The molecule has 0 radical (unpaired) electrons. The van der Waals surface area contributed by atoms with Gasteiger partial charge in [0.25, 0.3) is 0 Å². The van der Waals surface area contributed by atoms with E-state index in [4.69, 9.17) is 0 Å². The van der Waals surface area contributed by atoms with Crippen LogP contribution >= 0.6 is 0 Å². The summed E-state index contributed by atoms with van der Waals surface area (Å²) in [7, 11) is 0. The van der Waals surface area contributed by atoms with Gasteiger partial charge in [0, 0.05) is 0 Å². The minimum Gasteiger partial charge on any atom is -0.100 e. The van der Waals surface area contributed by atoms with Gasteiger partial charge in [-0.25, -0.2) is 0 Å². The molecule has 0 fully saturated rings. The normalized spacial score (nSPS) is 11.0. The number of hydrogen-bond acceptors (Lipinski definition) is 0. The lowest BCUT2D eigenvalue weighted by atomic mass is 10.0. The highest BCUT2D eigenvalue weighted by Gasteiger charge is 1.95. The van der Waals surface area contributed by atoms with Crippen LogP contribution < -0.4 is 0 Å². The monoisotopic (exact) mass is 308 g/mol. The highest BCUT2D eigenvalue weighted by Crippen LogP contribution is 2.14. The van der Waals surface area contributed by atoms with Gasteiger partial charge in [-0.2, -0.15) is 0 Å². The van der Waals surface area contributed by atoms with Crippen molar-refractivity contribution in [1.82, 2.24) is 0 Å². The minimum absolute atomic E-state index is 1.23. The molecule has 0 saturated heterocycles. The molecular formula is C22H44. The Bertz CT molecular complexity index is 216. The second-order valence-electron chi connectivity index (χ2n) is 7.36. The van der Waals surface area contributed by atoms with E-state index in [9.17, 15) is 0 Å². The molecule has 0 N–H and O–H groups in total. The molecule has 0 aliphatic heterocycles. The lowest BCUT2D eigenvalue weighted by Gasteiger charge is -2.03. The summed E-state index contributed by atoms with van der Waals surface area (Å²) < 4.78 is 0. The summed E-state index contributed by atoms with van der Waals surface area (Å²) >= 11 is 0. The average molecular weight is 309 g/mol. The lowest BCUT2D eigenvalue weighted by molar-refractivity contribution is 0.527. The van der Waals surface area contributed by atoms with Crippen LogP contribution in [0.25, 0.3) is 0 Å². The second-order valence-corrected chi connectivity index (χ2v) is 7.36. The van der Waals surface area contributed by atoms with E-state index in [1.807, 2.05) is 0 Å². The van der Waals surface area contributed by atoms with Crippen molar-refractivity contribution in [3.05, 3.63) is 12.2 Å². The molecule has 0 amide bonds. The summed E-state index contributed by atoms with van der Waals surface area (Å²) in [5.41, 5.74) is 1.35. The smallest absolute Gasteiger partial charge is 0.0326 e. The van der Waals surface area contributed by atoms with Gasteiger partial charge in [-0.05, 0) is 19.8 Å². The standard InChI is InChI=1S/C22H44/c1-4-5-6-7-8-9-10-11-12-13-14-15-16-17-18-19-20-21-22(2)3/h2,4-21H2,1,3H3. The topological polar surface area (TPSA) is 0 Å². The SMILES string of the molecule is C=C(C)CCCCCCCCCCCCCCCCCCC. The van der Waals surface area contributed by atoms with Gasteiger partial charge in [-0.1, -0.05) is 115 Å². The second kappa shape index (κ2) is 18.8. The first-order valence-electron chi connectivity index (χ1n) is 10.4. The molecule has 0 nitrogen and oxygen atoms in total. The van der Waals surface area contributed by atoms with Crippen LogP contribution in [0.1, 0.15) is 129 Å². The average Bonchev–Trinajstić information content (AvgIpc) is 2.50. The van der Waals surface area contributed by atoms with Gasteiger partial charge in [0.2, 0.25) is 0 Å². The third-order valence-corrected chi connectivity index (χ3v) is 4.71. The van der Waals surface area contributed by atoms with E-state index in [-0.39, 0.29) is 0 Å². The first-order valence-corrected chi connectivity index (χ1v) is 10.4. The quantitative estimate of drug-likeness (QED) is 0.176. The summed E-state index contributed by atoms with van der Waals surface area (Å²) in [6.45, 7) is 8.41. The zero-order valence-corrected chi connectivity index (χ0v) is 15.9. The highest BCUT2D eigenvalue weighted by molar-refractivity contribution is 4.86. The molecule has 0 aromatic heterocycles. The first kappa shape index (κ1) is 21.7. The van der Waals surface area contributed by atoms with Crippen LogP contribution in [0.15, 0.2) is 12.2 Å². The Morgan fingerprint density at radius 3 is 1.05 bits per heavy atom. The molecule has 22 heavy (non-hydrogen) atoms. The van der Waals surface area contributed by atoms with Crippen molar-refractivity contribution >= 4 is 0 Å². The molecule has 0 heterocycles. The maximum atomic E-state index is 3.97. The molecule has 0 aliphatic rings. The molecule has 0 aliphatic carbocycles. The molecule has 0 bridgehead atoms. The molecule has 0 atom stereocenters. The molecule has 0 spiro atoms. The molecule has 0 rings (SSSR count). The van der Waals surface area contributed by atoms with Crippen LogP contribution in [0.2, 0.25) is 0 Å². The Hall–Kier alpha value is -0.260. The fourth-order valence-electron chi connectivity index (χ4n) is 3.15. The molecule has 0 aromatic rings. The number of allylic oxidation sites excluding steroid dienone is 1. The predicted molar refractivity (Wildman–Crippen MR) is 104 cm³/mol. The van der Waals surface area contributed by atoms with Crippen LogP contribution in [0.4, 0.5) is 0 Å². The fourth-order valence-corrected chi connectivity index (χ4v) is 3.15. The zero-order valence-electron chi connectivity index (χ0n) is 15.9. The van der Waals surface area contributed by atoms with E-state index in [0.29, 0.717) is 0 Å². The Labute approximate surface area is 142 Å². The maximum absolute atomic E-state index is 3.97. The number of unbranched alkanes of at least 4 members (excludes halogenated alkanes) is 16. The minimum atomic E-state index is 1.23. The van der Waals surface area contributed by atoms with E-state index in [1.54, 1.807) is 0 Å². The first-order chi connectivity index (χ1) is 10.8. The van der Waals surface area contributed by atoms with Crippen molar-refractivity contribution in [1.29, 1.82) is 0 Å². The van der Waals surface area contributed by atoms with Gasteiger partial charge in [-0.15, -0.1) is 6.58 Å². The highest BCUT2D eigenvalue weighted by atomic mass is 14.0. The Balaban J connectivity index is 2.95. The van der Waals surface area contributed by atoms with Crippen LogP contribution in [0.3, 0.4) is 0 Å². The summed E-state index contributed by atoms with van der Waals surface area (Å²) in [6.07, 6.45) is 25.9. The van der Waals surface area contributed by atoms with Gasteiger partial charge in [0.05, 0.1) is 0 Å². The van der Waals surface area contributed by atoms with Crippen molar-refractivity contribution in [2.75, 3.05) is 0 Å². The molecule has 132 valence electrons. The summed E-state index contributed by atoms with van der Waals surface area (Å²) in [6, 6.07) is 0. The van der Waals surface area contributed by atoms with Crippen LogP contribution in [-0.2, 0) is 0 Å². The zero-order chi connectivity index (χ0) is 16.3. The van der Waals surface area contributed by atoms with E-state index >= 15 is 0 Å². The van der Waals surface area contributed by atoms with Crippen molar-refractivity contribution in [3.8, 4) is 0 Å². The van der Waals surface area contributed by atoms with E-state index in [0.717, 1.165) is 0 Å². The third-order valence-electron chi connectivity index (χ3n) is 4.71. The Kier molecular flexibility index (Phi) is 18.6. The van der Waals surface area contributed by atoms with Gasteiger partial charge in [-0.3, -0.25) is 0 Å². The Morgan fingerprint density at radius 1 is 0.500 bits per heavy atom. The van der Waals surface area contributed by atoms with Crippen LogP contribution in [0.5, 0.6) is 0 Å². The molecule has 0 saturated carbocycles. The van der Waals surface area contributed by atoms with Crippen molar-refractivity contribution in [3.63, 3.8) is 0 Å². The van der Waals surface area contributed by atoms with Gasteiger partial charge in [0.1, 0.15) is 0 Å². The third kappa shape index (κ3) is 19.7. The van der Waals surface area contributed by atoms with E-state index in [1.165, 1.54) is 121 Å². The molecule has 0 aromatic carbocycles. The largest absolute Gasteiger partial charge is 0.100 e. The summed E-state index contributed by atoms with van der Waals surface area (Å²) in [5, 5.41) is 0. The Morgan fingerprint density at radius 2 is 0.773 bits per heavy atom. The summed E-state index contributed by atoms with van der Waals surface area (Å²) in [5.74, 6) is 0. The van der Waals surface area contributed by atoms with Crippen molar-refractivity contribution < 1.29 is 0 Å². The molecular weight excluding hydrogens is 264 g/mol. The van der Waals surface area contributed by atoms with E-state index < -0.39 is 0 Å². The van der Waals surface area contributed by atoms with Gasteiger partial charge >= 0.3 is 0 Å². The summed E-state index contributed by atoms with van der Waals surface area (Å²) in [4.78, 5) is 0. The lowest BCUT2D eigenvalue weighted by Crippen LogP contribution is -1.84. The number of hydrogen-bond donors (Lipinski definition) is 0. The van der Waals surface area contributed by atoms with Crippen LogP contribution in [-0.4, -0.2) is 0 Å². The van der Waals surface area contributed by atoms with Crippen molar-refractivity contribution in [2.45, 2.75) is 129 Å². The maximum Gasteiger partial charge on any atom is -0.0326 e.